The molecular weight excluding hydrogens is 394 g/mol. The molecule has 31 heavy (non-hydrogen) atoms. The number of benzene rings is 1. The molecule has 1 fully saturated rings. The number of rotatable bonds is 6. The Morgan fingerprint density at radius 1 is 1.29 bits per heavy atom. The zero-order valence-corrected chi connectivity index (χ0v) is 19.0. The van der Waals surface area contributed by atoms with E-state index in [1.54, 1.807) is 4.68 Å². The van der Waals surface area contributed by atoms with E-state index in [0.29, 0.717) is 38.6 Å². The minimum atomic E-state index is -0.317. The molecule has 7 nitrogen and oxygen atoms in total. The first-order valence-electron chi connectivity index (χ1n) is 11.2. The van der Waals surface area contributed by atoms with Crippen LogP contribution >= 0.6 is 0 Å². The number of aryl methyl sites for hydroxylation is 2. The number of carbonyl (C=O) groups excluding carboxylic acids is 1. The largest absolute Gasteiger partial charge is 0.488 e. The third kappa shape index (κ3) is 4.48. The molecule has 168 valence electrons. The summed E-state index contributed by atoms with van der Waals surface area (Å²) in [6.07, 6.45) is 2.48. The molecule has 1 spiro atoms. The molecule has 0 saturated carbocycles. The Bertz CT molecular complexity index is 931. The lowest BCUT2D eigenvalue weighted by Crippen LogP contribution is -2.48. The molecular formula is C24H33N3O4. The van der Waals surface area contributed by atoms with Crippen molar-refractivity contribution < 1.29 is 19.0 Å². The summed E-state index contributed by atoms with van der Waals surface area (Å²) >= 11 is 0. The number of hydrogen-bond acceptors (Lipinski definition) is 5. The highest BCUT2D eigenvalue weighted by Crippen LogP contribution is 2.42. The maximum Gasteiger partial charge on any atom is 0.272 e. The highest BCUT2D eigenvalue weighted by Gasteiger charge is 2.42. The quantitative estimate of drug-likeness (QED) is 0.708. The van der Waals surface area contributed by atoms with Gasteiger partial charge in [-0.2, -0.15) is 5.10 Å². The Kier molecular flexibility index (Phi) is 6.34. The fourth-order valence-corrected chi connectivity index (χ4v) is 4.74. The van der Waals surface area contributed by atoms with Gasteiger partial charge < -0.3 is 19.1 Å². The van der Waals surface area contributed by atoms with Crippen molar-refractivity contribution in [2.75, 3.05) is 32.9 Å². The smallest absolute Gasteiger partial charge is 0.272 e. The number of nitrogens with zero attached hydrogens (tertiary/aromatic N) is 3. The van der Waals surface area contributed by atoms with Crippen LogP contribution in [0.1, 0.15) is 54.0 Å². The van der Waals surface area contributed by atoms with E-state index in [1.165, 1.54) is 11.1 Å². The second-order valence-corrected chi connectivity index (χ2v) is 8.59. The maximum atomic E-state index is 13.0. The van der Waals surface area contributed by atoms with Gasteiger partial charge in [0.15, 0.2) is 0 Å². The predicted octanol–water partition coefficient (Wildman–Crippen LogP) is 3.24. The molecule has 1 aromatic heterocycles. The molecule has 0 N–H and O–H groups in total. The second kappa shape index (κ2) is 9.01. The van der Waals surface area contributed by atoms with Crippen LogP contribution in [0.2, 0.25) is 0 Å². The number of amides is 1. The molecule has 3 heterocycles. The van der Waals surface area contributed by atoms with Crippen molar-refractivity contribution in [1.82, 2.24) is 14.7 Å². The van der Waals surface area contributed by atoms with Crippen LogP contribution in [0.5, 0.6) is 5.75 Å². The summed E-state index contributed by atoms with van der Waals surface area (Å²) in [6, 6.07) is 8.19. The van der Waals surface area contributed by atoms with E-state index >= 15 is 0 Å². The zero-order valence-electron chi connectivity index (χ0n) is 19.0. The van der Waals surface area contributed by atoms with Crippen LogP contribution in [0.15, 0.2) is 24.3 Å². The van der Waals surface area contributed by atoms with Crippen LogP contribution in [0.25, 0.3) is 0 Å². The van der Waals surface area contributed by atoms with Crippen LogP contribution in [-0.2, 0) is 28.5 Å². The highest BCUT2D eigenvalue weighted by atomic mass is 16.5. The molecule has 1 amide bonds. The molecule has 0 aliphatic carbocycles. The van der Waals surface area contributed by atoms with Crippen LogP contribution in [-0.4, -0.2) is 59.6 Å². The standard InChI is InChI=1S/C24H33N3O4/c1-5-29-16-18(3)31-20-6-7-21-19(15-20)8-13-30-24(21)9-11-27(12-10-24)23(28)22-14-17(2)25-26(22)4/h6-7,14-15,18H,5,8-13,16H2,1-4H3. The summed E-state index contributed by atoms with van der Waals surface area (Å²) in [6.45, 7) is 9.23. The van der Waals surface area contributed by atoms with Gasteiger partial charge in [-0.1, -0.05) is 6.07 Å². The molecule has 4 rings (SSSR count). The van der Waals surface area contributed by atoms with Crippen LogP contribution in [0.4, 0.5) is 0 Å². The number of hydrogen-bond donors (Lipinski definition) is 0. The Hall–Kier alpha value is -2.38. The lowest BCUT2D eigenvalue weighted by Gasteiger charge is -2.45. The SMILES string of the molecule is CCOCC(C)Oc1ccc2c(c1)CCOC21CCN(C(=O)c2cc(C)nn2C)CC1. The molecule has 2 aliphatic rings. The van der Waals surface area contributed by atoms with Gasteiger partial charge in [0.1, 0.15) is 17.5 Å². The summed E-state index contributed by atoms with van der Waals surface area (Å²) in [5.41, 5.74) is 3.71. The number of aromatic nitrogens is 2. The van der Waals surface area contributed by atoms with Crippen molar-refractivity contribution in [2.45, 2.75) is 51.7 Å². The van der Waals surface area contributed by atoms with Gasteiger partial charge in [-0.25, -0.2) is 0 Å². The van der Waals surface area contributed by atoms with Crippen LogP contribution < -0.4 is 4.74 Å². The van der Waals surface area contributed by atoms with Gasteiger partial charge in [-0.15, -0.1) is 0 Å². The molecule has 1 aromatic carbocycles. The normalized spacial score (nSPS) is 18.6. The molecule has 0 radical (unpaired) electrons. The molecule has 2 aromatic rings. The summed E-state index contributed by atoms with van der Waals surface area (Å²) in [4.78, 5) is 14.9. The van der Waals surface area contributed by atoms with Gasteiger partial charge >= 0.3 is 0 Å². The Labute approximate surface area is 184 Å². The molecule has 2 aliphatic heterocycles. The third-order valence-corrected chi connectivity index (χ3v) is 6.29. The molecule has 1 saturated heterocycles. The van der Waals surface area contributed by atoms with Crippen molar-refractivity contribution in [3.05, 3.63) is 46.8 Å². The third-order valence-electron chi connectivity index (χ3n) is 6.29. The monoisotopic (exact) mass is 427 g/mol. The number of carbonyl (C=O) groups is 1. The summed E-state index contributed by atoms with van der Waals surface area (Å²) in [7, 11) is 1.82. The van der Waals surface area contributed by atoms with Gasteiger partial charge in [-0.05, 0) is 69.4 Å². The van der Waals surface area contributed by atoms with Crippen molar-refractivity contribution >= 4 is 5.91 Å². The second-order valence-electron chi connectivity index (χ2n) is 8.59. The van der Waals surface area contributed by atoms with Crippen molar-refractivity contribution in [3.8, 4) is 5.75 Å². The number of ether oxygens (including phenoxy) is 3. The Morgan fingerprint density at radius 3 is 2.74 bits per heavy atom. The van der Waals surface area contributed by atoms with Gasteiger partial charge in [-0.3, -0.25) is 9.48 Å². The van der Waals surface area contributed by atoms with Gasteiger partial charge in [0.25, 0.3) is 5.91 Å². The fourth-order valence-electron chi connectivity index (χ4n) is 4.74. The number of likely N-dealkylation sites (tertiary alicyclic amines) is 1. The topological polar surface area (TPSA) is 65.8 Å². The summed E-state index contributed by atoms with van der Waals surface area (Å²) in [5.74, 6) is 0.920. The summed E-state index contributed by atoms with van der Waals surface area (Å²) < 4.78 is 19.5. The average molecular weight is 428 g/mol. The van der Waals surface area contributed by atoms with Crippen LogP contribution in [0, 0.1) is 6.92 Å². The van der Waals surface area contributed by atoms with E-state index in [9.17, 15) is 4.79 Å². The first-order valence-corrected chi connectivity index (χ1v) is 11.2. The highest BCUT2D eigenvalue weighted by molar-refractivity contribution is 5.92. The Balaban J connectivity index is 1.46. The molecule has 1 atom stereocenters. The van der Waals surface area contributed by atoms with Gasteiger partial charge in [0.05, 0.1) is 24.5 Å². The number of fused-ring (bicyclic) bond motifs is 2. The minimum absolute atomic E-state index is 0.0108. The van der Waals surface area contributed by atoms with E-state index in [0.717, 1.165) is 30.7 Å². The first kappa shape index (κ1) is 21.8. The predicted molar refractivity (Wildman–Crippen MR) is 117 cm³/mol. The van der Waals surface area contributed by atoms with Gasteiger partial charge in [0.2, 0.25) is 0 Å². The van der Waals surface area contributed by atoms with Crippen LogP contribution in [0.3, 0.4) is 0 Å². The van der Waals surface area contributed by atoms with Crippen molar-refractivity contribution in [3.63, 3.8) is 0 Å². The van der Waals surface area contributed by atoms with E-state index in [1.807, 2.05) is 44.9 Å². The average Bonchev–Trinajstić information content (AvgIpc) is 3.10. The molecule has 0 bridgehead atoms. The molecule has 1 unspecified atom stereocenters. The minimum Gasteiger partial charge on any atom is -0.488 e. The lowest BCUT2D eigenvalue weighted by molar-refractivity contribution is -0.0936. The fraction of sp³-hybridized carbons (Fsp3) is 0.583. The Morgan fingerprint density at radius 2 is 2.06 bits per heavy atom. The van der Waals surface area contributed by atoms with Crippen molar-refractivity contribution in [1.29, 1.82) is 0 Å². The van der Waals surface area contributed by atoms with E-state index in [4.69, 9.17) is 14.2 Å². The van der Waals surface area contributed by atoms with E-state index in [-0.39, 0.29) is 17.6 Å². The zero-order chi connectivity index (χ0) is 22.0. The molecule has 7 heteroatoms. The number of piperidine rings is 1. The maximum absolute atomic E-state index is 13.0. The van der Waals surface area contributed by atoms with E-state index < -0.39 is 0 Å². The lowest BCUT2D eigenvalue weighted by atomic mass is 9.79. The van der Waals surface area contributed by atoms with Gasteiger partial charge in [0, 0.05) is 26.7 Å². The summed E-state index contributed by atoms with van der Waals surface area (Å²) in [5, 5.41) is 4.31. The van der Waals surface area contributed by atoms with Crippen molar-refractivity contribution in [2.24, 2.45) is 7.05 Å². The van der Waals surface area contributed by atoms with E-state index in [2.05, 4.69) is 17.2 Å². The first-order chi connectivity index (χ1) is 14.9.